The number of hydrogen-bond donors (Lipinski definition) is 3. The van der Waals surface area contributed by atoms with Gasteiger partial charge in [0.15, 0.2) is 0 Å². The van der Waals surface area contributed by atoms with Crippen LogP contribution in [0.25, 0.3) is 0 Å². The Morgan fingerprint density at radius 1 is 1.00 bits per heavy atom. The lowest BCUT2D eigenvalue weighted by Gasteiger charge is -2.24. The molecule has 33 heavy (non-hydrogen) atoms. The average molecular weight is 473 g/mol. The third-order valence-electron chi connectivity index (χ3n) is 5.61. The molecule has 174 valence electrons. The van der Waals surface area contributed by atoms with E-state index in [0.29, 0.717) is 42.6 Å². The number of aliphatic hydroxyl groups excluding tert-OH is 1. The molecule has 2 aliphatic rings. The summed E-state index contributed by atoms with van der Waals surface area (Å²) in [5, 5.41) is 16.2. The highest BCUT2D eigenvalue weighted by atomic mass is 35.5. The smallest absolute Gasteiger partial charge is 0.322 e. The lowest BCUT2D eigenvalue weighted by atomic mass is 10.1. The van der Waals surface area contributed by atoms with Crippen LogP contribution < -0.4 is 15.5 Å². The summed E-state index contributed by atoms with van der Waals surface area (Å²) in [6, 6.07) is 12.2. The van der Waals surface area contributed by atoms with Gasteiger partial charge >= 0.3 is 6.03 Å². The van der Waals surface area contributed by atoms with E-state index in [-0.39, 0.29) is 18.9 Å². The molecule has 0 spiro atoms. The number of hydrogen-bond acceptors (Lipinski definition) is 5. The van der Waals surface area contributed by atoms with Crippen LogP contribution in [0.2, 0.25) is 5.02 Å². The molecule has 2 saturated heterocycles. The Bertz CT molecular complexity index is 1010. The standard InChI is InChI=1S/C23H25ClN4O5/c24-15-1-3-17(4-2-15)26-23(32)28-14-19(29)13-20(28)22(31)25-16-5-7-18(8-6-16)27-10-12-33-11-9-21(27)30/h1-8,19-20,29H,9-14H2,(H,25,31)(H,26,32)/t19-,20-/m1/s1. The molecule has 2 heterocycles. The molecule has 0 aliphatic carbocycles. The summed E-state index contributed by atoms with van der Waals surface area (Å²) in [4.78, 5) is 40.9. The van der Waals surface area contributed by atoms with Crippen molar-refractivity contribution >= 4 is 46.5 Å². The number of benzene rings is 2. The highest BCUT2D eigenvalue weighted by Crippen LogP contribution is 2.24. The van der Waals surface area contributed by atoms with E-state index >= 15 is 0 Å². The lowest BCUT2D eigenvalue weighted by Crippen LogP contribution is -2.45. The van der Waals surface area contributed by atoms with Crippen molar-refractivity contribution in [1.82, 2.24) is 4.90 Å². The Morgan fingerprint density at radius 3 is 2.39 bits per heavy atom. The van der Waals surface area contributed by atoms with Gasteiger partial charge < -0.3 is 30.3 Å². The number of nitrogens with zero attached hydrogens (tertiary/aromatic N) is 2. The fraction of sp³-hybridized carbons (Fsp3) is 0.348. The predicted octanol–water partition coefficient (Wildman–Crippen LogP) is 2.70. The molecule has 0 unspecified atom stereocenters. The number of halogens is 1. The summed E-state index contributed by atoms with van der Waals surface area (Å²) in [5.74, 6) is -0.406. The minimum atomic E-state index is -0.823. The number of carbonyl (C=O) groups is 3. The zero-order valence-electron chi connectivity index (χ0n) is 17.9. The van der Waals surface area contributed by atoms with Gasteiger partial charge in [-0.05, 0) is 48.5 Å². The molecule has 2 fully saturated rings. The van der Waals surface area contributed by atoms with E-state index in [1.807, 2.05) is 0 Å². The summed E-state index contributed by atoms with van der Waals surface area (Å²) >= 11 is 5.87. The average Bonchev–Trinajstić information content (AvgIpc) is 3.07. The van der Waals surface area contributed by atoms with Crippen LogP contribution in [0.3, 0.4) is 0 Å². The quantitative estimate of drug-likeness (QED) is 0.633. The van der Waals surface area contributed by atoms with E-state index in [0.717, 1.165) is 5.69 Å². The molecule has 10 heteroatoms. The molecule has 0 bridgehead atoms. The Kier molecular flexibility index (Phi) is 7.12. The van der Waals surface area contributed by atoms with Gasteiger partial charge in [0.2, 0.25) is 11.8 Å². The first-order chi connectivity index (χ1) is 15.9. The number of likely N-dealkylation sites (tertiary alicyclic amines) is 1. The van der Waals surface area contributed by atoms with Gasteiger partial charge in [0.05, 0.1) is 25.7 Å². The third-order valence-corrected chi connectivity index (χ3v) is 5.86. The monoisotopic (exact) mass is 472 g/mol. The summed E-state index contributed by atoms with van der Waals surface area (Å²) in [6.07, 6.45) is -0.327. The Hall–Kier alpha value is -3.14. The van der Waals surface area contributed by atoms with Crippen LogP contribution >= 0.6 is 11.6 Å². The van der Waals surface area contributed by atoms with E-state index in [1.165, 1.54) is 4.90 Å². The molecular formula is C23H25ClN4O5. The molecule has 4 rings (SSSR count). The number of amides is 4. The molecule has 2 aliphatic heterocycles. The molecule has 0 saturated carbocycles. The van der Waals surface area contributed by atoms with Gasteiger partial charge in [-0.15, -0.1) is 0 Å². The van der Waals surface area contributed by atoms with Crippen molar-refractivity contribution in [3.63, 3.8) is 0 Å². The van der Waals surface area contributed by atoms with Gasteiger partial charge in [-0.2, -0.15) is 0 Å². The van der Waals surface area contributed by atoms with Crippen molar-refractivity contribution in [2.45, 2.75) is 25.0 Å². The summed E-state index contributed by atoms with van der Waals surface area (Å²) in [5.41, 5.74) is 1.79. The maximum absolute atomic E-state index is 12.9. The molecule has 2 atom stereocenters. The minimum Gasteiger partial charge on any atom is -0.391 e. The molecule has 2 aromatic rings. The first-order valence-electron chi connectivity index (χ1n) is 10.7. The van der Waals surface area contributed by atoms with Gasteiger partial charge in [-0.3, -0.25) is 9.59 Å². The van der Waals surface area contributed by atoms with Gasteiger partial charge in [0.1, 0.15) is 6.04 Å². The first kappa shape index (κ1) is 23.0. The molecule has 0 radical (unpaired) electrons. The zero-order chi connectivity index (χ0) is 23.4. The molecule has 9 nitrogen and oxygen atoms in total. The second-order valence-corrected chi connectivity index (χ2v) is 8.38. The minimum absolute atomic E-state index is 0.00781. The fourth-order valence-corrected chi connectivity index (χ4v) is 4.04. The van der Waals surface area contributed by atoms with Gasteiger partial charge in [-0.1, -0.05) is 11.6 Å². The maximum Gasteiger partial charge on any atom is 0.322 e. The molecule has 4 amide bonds. The van der Waals surface area contributed by atoms with Gasteiger partial charge in [-0.25, -0.2) is 4.79 Å². The summed E-state index contributed by atoms with van der Waals surface area (Å²) in [6.45, 7) is 1.42. The number of urea groups is 1. The highest BCUT2D eigenvalue weighted by Gasteiger charge is 2.39. The van der Waals surface area contributed by atoms with E-state index in [9.17, 15) is 19.5 Å². The Labute approximate surface area is 196 Å². The second kappa shape index (κ2) is 10.2. The van der Waals surface area contributed by atoms with Crippen LogP contribution in [0, 0.1) is 0 Å². The van der Waals surface area contributed by atoms with Crippen LogP contribution in [0.5, 0.6) is 0 Å². The topological polar surface area (TPSA) is 111 Å². The lowest BCUT2D eigenvalue weighted by molar-refractivity contribution is -0.120. The van der Waals surface area contributed by atoms with Crippen LogP contribution in [0.1, 0.15) is 12.8 Å². The van der Waals surface area contributed by atoms with Gasteiger partial charge in [0.25, 0.3) is 0 Å². The first-order valence-corrected chi connectivity index (χ1v) is 11.1. The highest BCUT2D eigenvalue weighted by molar-refractivity contribution is 6.30. The van der Waals surface area contributed by atoms with Crippen LogP contribution in [-0.2, 0) is 14.3 Å². The SMILES string of the molecule is O=C(Nc1ccc(N2CCOCCC2=O)cc1)[C@H]1C[C@@H](O)CN1C(=O)Nc1ccc(Cl)cc1. The molecule has 0 aromatic heterocycles. The number of anilines is 3. The van der Waals surface area contributed by atoms with Crippen molar-refractivity contribution in [3.05, 3.63) is 53.6 Å². The van der Waals surface area contributed by atoms with Crippen molar-refractivity contribution in [2.24, 2.45) is 0 Å². The fourth-order valence-electron chi connectivity index (χ4n) is 3.92. The Balaban J connectivity index is 1.40. The molecule has 3 N–H and O–H groups in total. The van der Waals surface area contributed by atoms with E-state index in [1.54, 1.807) is 53.4 Å². The van der Waals surface area contributed by atoms with E-state index in [4.69, 9.17) is 16.3 Å². The Morgan fingerprint density at radius 2 is 1.67 bits per heavy atom. The molecular weight excluding hydrogens is 448 g/mol. The third kappa shape index (κ3) is 5.62. The summed E-state index contributed by atoms with van der Waals surface area (Å²) in [7, 11) is 0. The van der Waals surface area contributed by atoms with Crippen molar-refractivity contribution < 1.29 is 24.2 Å². The summed E-state index contributed by atoms with van der Waals surface area (Å²) < 4.78 is 5.35. The number of β-amino-alcohol motifs (C(OH)–C–C–N with tert-alkyl or cyclic N) is 1. The second-order valence-electron chi connectivity index (χ2n) is 7.94. The van der Waals surface area contributed by atoms with Crippen molar-refractivity contribution in [1.29, 1.82) is 0 Å². The normalized spacial score (nSPS) is 21.0. The number of nitrogens with one attached hydrogen (secondary N) is 2. The predicted molar refractivity (Wildman–Crippen MR) is 124 cm³/mol. The van der Waals surface area contributed by atoms with Crippen molar-refractivity contribution in [3.8, 4) is 0 Å². The number of rotatable bonds is 4. The van der Waals surface area contributed by atoms with Crippen LogP contribution in [-0.4, -0.2) is 66.3 Å². The zero-order valence-corrected chi connectivity index (χ0v) is 18.6. The largest absolute Gasteiger partial charge is 0.391 e. The van der Waals surface area contributed by atoms with Crippen molar-refractivity contribution in [2.75, 3.05) is 41.8 Å². The number of aliphatic hydroxyl groups is 1. The van der Waals surface area contributed by atoms with Crippen LogP contribution in [0.4, 0.5) is 21.9 Å². The number of ether oxygens (including phenoxy) is 1. The number of carbonyl (C=O) groups excluding carboxylic acids is 3. The molecule has 2 aromatic carbocycles. The van der Waals surface area contributed by atoms with E-state index < -0.39 is 24.1 Å². The maximum atomic E-state index is 12.9. The van der Waals surface area contributed by atoms with Crippen LogP contribution in [0.15, 0.2) is 48.5 Å². The van der Waals surface area contributed by atoms with Gasteiger partial charge in [0, 0.05) is 41.6 Å². The van der Waals surface area contributed by atoms with E-state index in [2.05, 4.69) is 10.6 Å².